The highest BCUT2D eigenvalue weighted by Crippen LogP contribution is 2.46. The number of esters is 1. The van der Waals surface area contributed by atoms with Gasteiger partial charge in [-0.2, -0.15) is 0 Å². The lowest BCUT2D eigenvalue weighted by atomic mass is 9.86. The third kappa shape index (κ3) is 19.4. The number of benzene rings is 1. The van der Waals surface area contributed by atoms with Crippen molar-refractivity contribution in [3.63, 3.8) is 0 Å². The Bertz CT molecular complexity index is 2270. The molecule has 5 rings (SSSR count). The van der Waals surface area contributed by atoms with E-state index in [1.807, 2.05) is 6.92 Å². The number of rotatable bonds is 24. The number of alkyl carbamates (subject to hydrolysis) is 2. The number of hydrogen-bond donors (Lipinski definition) is 7. The summed E-state index contributed by atoms with van der Waals surface area (Å²) >= 11 is 6.74. The molecular weight excluding hydrogens is 1040 g/mol. The first-order valence-corrected chi connectivity index (χ1v) is 26.9. The molecule has 24 nitrogen and oxygen atoms in total. The Kier molecular flexibility index (Phi) is 25.5. The molecule has 9 N–H and O–H groups in total. The van der Waals surface area contributed by atoms with Crippen molar-refractivity contribution < 1.29 is 81.6 Å². The summed E-state index contributed by atoms with van der Waals surface area (Å²) < 4.78 is 50.4. The Morgan fingerprint density at radius 3 is 2.35 bits per heavy atom. The maximum absolute atomic E-state index is 14.2. The molecule has 1 unspecified atom stereocenters. The van der Waals surface area contributed by atoms with Crippen molar-refractivity contribution in [2.75, 3.05) is 92.0 Å². The number of amides is 5. The summed E-state index contributed by atoms with van der Waals surface area (Å²) in [4.78, 5) is 80.7. The smallest absolute Gasteiger partial charge is 0.409 e. The third-order valence-electron chi connectivity index (χ3n) is 13.7. The highest BCUT2D eigenvalue weighted by molar-refractivity contribution is 6.35. The van der Waals surface area contributed by atoms with Gasteiger partial charge in [0.25, 0.3) is 0 Å². The van der Waals surface area contributed by atoms with E-state index < -0.39 is 84.3 Å². The van der Waals surface area contributed by atoms with E-state index in [2.05, 4.69) is 28.1 Å². The lowest BCUT2D eigenvalue weighted by Crippen LogP contribution is -2.63. The van der Waals surface area contributed by atoms with Gasteiger partial charge in [-0.05, 0) is 69.6 Å². The van der Waals surface area contributed by atoms with Gasteiger partial charge in [0, 0.05) is 52.4 Å². The number of fused-ring (bicyclic) bond motifs is 5. The van der Waals surface area contributed by atoms with Gasteiger partial charge in [-0.25, -0.2) is 14.4 Å². The topological polar surface area (TPSA) is 324 Å². The first-order valence-electron chi connectivity index (χ1n) is 26.5. The minimum absolute atomic E-state index is 0.0610. The van der Waals surface area contributed by atoms with Crippen LogP contribution in [0.1, 0.15) is 83.6 Å². The van der Waals surface area contributed by atoms with E-state index in [0.717, 1.165) is 42.6 Å². The Balaban J connectivity index is 1.02. The fourth-order valence-electron chi connectivity index (χ4n) is 8.95. The molecule has 436 valence electrons. The average molecular weight is 1120 g/mol. The molecular formula is C53H80ClN7O17. The van der Waals surface area contributed by atoms with Gasteiger partial charge in [0.2, 0.25) is 17.7 Å². The number of aliphatic hydroxyl groups is 2. The summed E-state index contributed by atoms with van der Waals surface area (Å²) in [6, 6.07) is 3.40. The summed E-state index contributed by atoms with van der Waals surface area (Å²) in [5, 5.41) is 30.4. The van der Waals surface area contributed by atoms with Crippen molar-refractivity contribution in [1.82, 2.24) is 20.9 Å². The summed E-state index contributed by atoms with van der Waals surface area (Å²) in [6.45, 7) is 6.42. The second kappa shape index (κ2) is 31.4. The maximum Gasteiger partial charge on any atom is 0.409 e. The Morgan fingerprint density at radius 1 is 0.962 bits per heavy atom. The van der Waals surface area contributed by atoms with Crippen LogP contribution in [0, 0.1) is 5.92 Å². The number of nitrogens with zero attached hydrogens (tertiary/aromatic N) is 2. The SMILES string of the molecule is COc1cc2cc(c1Cl)N(C)C(=O)C[C@H](OC(=O)[C@H](N)N(C)C(=O)CCCNC(=O)CCOCCOCCOCCOCCNC(=O)OC1CC/C=C/CCC1)[C@]1(N)O[C@H]1[C@H](C)[C@@H]1C[C@@](O)(NC(=O)O1)[C@H](O)/C=C/C=C(\C)C2. The van der Waals surface area contributed by atoms with Crippen LogP contribution in [0.5, 0.6) is 5.75 Å². The lowest BCUT2D eigenvalue weighted by molar-refractivity contribution is -0.162. The number of carbonyl (C=O) groups excluding carboxylic acids is 6. The van der Waals surface area contributed by atoms with E-state index in [9.17, 15) is 39.0 Å². The van der Waals surface area contributed by atoms with Crippen LogP contribution in [0.3, 0.4) is 0 Å². The van der Waals surface area contributed by atoms with Crippen LogP contribution in [-0.4, -0.2) is 186 Å². The van der Waals surface area contributed by atoms with Crippen molar-refractivity contribution in [2.24, 2.45) is 17.4 Å². The number of ether oxygens (including phenoxy) is 9. The quantitative estimate of drug-likeness (QED) is 0.0195. The molecule has 0 aromatic heterocycles. The second-order valence-corrected chi connectivity index (χ2v) is 20.1. The van der Waals surface area contributed by atoms with Crippen molar-refractivity contribution in [2.45, 2.75) is 133 Å². The molecule has 78 heavy (non-hydrogen) atoms. The van der Waals surface area contributed by atoms with E-state index in [4.69, 9.17) is 65.7 Å². The van der Waals surface area contributed by atoms with Crippen molar-refractivity contribution in [1.29, 1.82) is 0 Å². The van der Waals surface area contributed by atoms with E-state index in [0.29, 0.717) is 58.2 Å². The van der Waals surface area contributed by atoms with Crippen molar-refractivity contribution in [3.05, 3.63) is 58.7 Å². The number of halogens is 1. The highest BCUT2D eigenvalue weighted by Gasteiger charge is 2.65. The van der Waals surface area contributed by atoms with Gasteiger partial charge < -0.3 is 79.0 Å². The maximum atomic E-state index is 14.2. The first-order chi connectivity index (χ1) is 37.3. The molecule has 0 spiro atoms. The molecule has 4 aliphatic rings. The van der Waals surface area contributed by atoms with E-state index in [-0.39, 0.29) is 73.9 Å². The zero-order valence-electron chi connectivity index (χ0n) is 45.4. The number of methoxy groups -OCH3 is 1. The van der Waals surface area contributed by atoms with Gasteiger partial charge in [0.15, 0.2) is 23.7 Å². The van der Waals surface area contributed by atoms with Crippen LogP contribution in [0.4, 0.5) is 15.3 Å². The van der Waals surface area contributed by atoms with Gasteiger partial charge in [0.05, 0.1) is 72.1 Å². The number of epoxide rings is 1. The predicted molar refractivity (Wildman–Crippen MR) is 284 cm³/mol. The van der Waals surface area contributed by atoms with Crippen LogP contribution < -0.4 is 37.1 Å². The number of hydrogen-bond acceptors (Lipinski definition) is 19. The summed E-state index contributed by atoms with van der Waals surface area (Å²) in [6.07, 6.45) is 4.80. The number of carbonyl (C=O) groups is 6. The second-order valence-electron chi connectivity index (χ2n) is 19.7. The molecule has 1 aliphatic carbocycles. The van der Waals surface area contributed by atoms with Crippen molar-refractivity contribution in [3.8, 4) is 5.75 Å². The number of nitrogens with one attached hydrogen (secondary N) is 3. The molecule has 1 aromatic rings. The summed E-state index contributed by atoms with van der Waals surface area (Å²) in [5.41, 5.74) is 10.8. The predicted octanol–water partition coefficient (Wildman–Crippen LogP) is 2.62. The van der Waals surface area contributed by atoms with Gasteiger partial charge >= 0.3 is 18.2 Å². The number of allylic oxidation sites excluding steroid dienone is 5. The van der Waals surface area contributed by atoms with Crippen LogP contribution in [-0.2, 0) is 63.5 Å². The van der Waals surface area contributed by atoms with E-state index in [1.165, 1.54) is 32.2 Å². The molecule has 5 amide bonds. The first kappa shape index (κ1) is 63.4. The number of nitrogens with two attached hydrogens (primary N) is 2. The van der Waals surface area contributed by atoms with Gasteiger partial charge in [-0.15, -0.1) is 0 Å². The highest BCUT2D eigenvalue weighted by atomic mass is 35.5. The van der Waals surface area contributed by atoms with Gasteiger partial charge in [-0.3, -0.25) is 25.4 Å². The molecule has 4 bridgehead atoms. The van der Waals surface area contributed by atoms with Crippen LogP contribution >= 0.6 is 11.6 Å². The summed E-state index contributed by atoms with van der Waals surface area (Å²) in [7, 11) is 4.20. The third-order valence-corrected chi connectivity index (χ3v) is 14.1. The van der Waals surface area contributed by atoms with Crippen LogP contribution in [0.15, 0.2) is 48.1 Å². The summed E-state index contributed by atoms with van der Waals surface area (Å²) in [5.74, 6) is -3.09. The average Bonchev–Trinajstić information content (AvgIpc) is 4.26. The zero-order valence-corrected chi connectivity index (χ0v) is 46.1. The fourth-order valence-corrected chi connectivity index (χ4v) is 9.27. The Morgan fingerprint density at radius 2 is 1.64 bits per heavy atom. The normalized spacial score (nSPS) is 27.4. The molecule has 25 heteroatoms. The van der Waals surface area contributed by atoms with Crippen LogP contribution in [0.2, 0.25) is 5.02 Å². The molecule has 3 heterocycles. The Hall–Kier alpha value is -5.41. The van der Waals surface area contributed by atoms with Gasteiger partial charge in [0.1, 0.15) is 35.2 Å². The lowest BCUT2D eigenvalue weighted by Gasteiger charge is -2.41. The molecule has 2 saturated heterocycles. The molecule has 1 aromatic carbocycles. The zero-order chi connectivity index (χ0) is 56.8. The van der Waals surface area contributed by atoms with Gasteiger partial charge in [-0.1, -0.05) is 54.5 Å². The fraction of sp³-hybridized carbons (Fsp3) is 0.660. The molecule has 2 fully saturated rings. The number of anilines is 1. The van der Waals surface area contributed by atoms with E-state index >= 15 is 0 Å². The standard InChI is InChI=1S/C53H80ClN7O17/c1-34-13-11-16-41(62)52(69)33-40(76-51(68)59-52)35(2)47-53(56,78-47)42(32-45(65)60(3)38-30-36(29-34)31-39(70-5)46(38)54)77-49(66)48(55)61(4)44(64)17-12-19-57-43(63)18-21-71-23-25-73-27-28-74-26-24-72-22-20-58-50(67)75-37-14-9-7-6-8-10-15-37/h6-7,11,13,16,30-31,35,37,40-42,47-48,62,69H,8-10,12,14-15,17-29,32-33,55-56H2,1-5H3,(H,57,63)(H,58,67)(H,59,68)/b7-6+,16-11+,34-13+/t35-,37?,40+,41-,42+,47+,48-,52+,53+/m1/s1. The largest absolute Gasteiger partial charge is 0.495 e. The molecule has 0 radical (unpaired) electrons. The number of aliphatic hydroxyl groups excluding tert-OH is 1. The van der Waals surface area contributed by atoms with Crippen molar-refractivity contribution >= 4 is 53.2 Å². The molecule has 3 aliphatic heterocycles. The van der Waals surface area contributed by atoms with E-state index in [1.54, 1.807) is 31.2 Å². The molecule has 0 saturated carbocycles. The minimum Gasteiger partial charge on any atom is -0.495 e. The monoisotopic (exact) mass is 1120 g/mol. The Labute approximate surface area is 460 Å². The van der Waals surface area contributed by atoms with Crippen LogP contribution in [0.25, 0.3) is 0 Å². The minimum atomic E-state index is -2.16. The number of likely N-dealkylation sites (N-methyl/N-ethyl adjacent to an activating group) is 1. The molecule has 9 atom stereocenters.